The molecule has 2 atom stereocenters. The van der Waals surface area contributed by atoms with Crippen molar-refractivity contribution in [3.8, 4) is 0 Å². The number of methoxy groups -OCH3 is 1. The van der Waals surface area contributed by atoms with E-state index >= 15 is 0 Å². The maximum absolute atomic E-state index is 11.9. The normalized spacial score (nSPS) is 23.7. The molecule has 2 unspecified atom stereocenters. The Labute approximate surface area is 104 Å². The second-order valence-electron chi connectivity index (χ2n) is 4.84. The molecule has 1 fully saturated rings. The third-order valence-corrected chi connectivity index (χ3v) is 3.37. The van der Waals surface area contributed by atoms with Crippen LogP contribution >= 0.6 is 0 Å². The summed E-state index contributed by atoms with van der Waals surface area (Å²) in [5.41, 5.74) is 0. The molecule has 5 heteroatoms. The van der Waals surface area contributed by atoms with Crippen LogP contribution in [0.2, 0.25) is 0 Å². The number of rotatable bonds is 5. The predicted molar refractivity (Wildman–Crippen MR) is 67.9 cm³/mol. The van der Waals surface area contributed by atoms with Gasteiger partial charge >= 0.3 is 0 Å². The first-order valence-corrected chi connectivity index (χ1v) is 6.28. The van der Waals surface area contributed by atoms with Crippen LogP contribution in [0.3, 0.4) is 0 Å². The Bertz CT molecular complexity index is 246. The van der Waals surface area contributed by atoms with E-state index in [1.165, 1.54) is 0 Å². The Morgan fingerprint density at radius 1 is 1.59 bits per heavy atom. The number of hydrogen-bond donors (Lipinski definition) is 2. The molecule has 1 saturated heterocycles. The van der Waals surface area contributed by atoms with Crippen molar-refractivity contribution in [2.24, 2.45) is 5.92 Å². The molecule has 5 nitrogen and oxygen atoms in total. The molecular weight excluding hydrogens is 218 g/mol. The third-order valence-electron chi connectivity index (χ3n) is 3.37. The zero-order valence-electron chi connectivity index (χ0n) is 11.3. The molecule has 0 saturated carbocycles. The smallest absolute Gasteiger partial charge is 0.238 e. The lowest BCUT2D eigenvalue weighted by atomic mass is 9.99. The van der Waals surface area contributed by atoms with Crippen LogP contribution in [0.4, 0.5) is 0 Å². The summed E-state index contributed by atoms with van der Waals surface area (Å²) in [6.07, 6.45) is 0. The van der Waals surface area contributed by atoms with Gasteiger partial charge in [0.2, 0.25) is 5.91 Å². The number of ether oxygens (including phenoxy) is 1. The lowest BCUT2D eigenvalue weighted by Crippen LogP contribution is -2.62. The van der Waals surface area contributed by atoms with E-state index < -0.39 is 0 Å². The summed E-state index contributed by atoms with van der Waals surface area (Å²) in [5, 5.41) is 6.01. The molecule has 0 radical (unpaired) electrons. The van der Waals surface area contributed by atoms with Crippen LogP contribution in [-0.4, -0.2) is 63.3 Å². The second kappa shape index (κ2) is 6.93. The van der Waals surface area contributed by atoms with Crippen LogP contribution in [0, 0.1) is 5.92 Å². The van der Waals surface area contributed by atoms with Crippen LogP contribution < -0.4 is 10.6 Å². The topological polar surface area (TPSA) is 53.6 Å². The van der Waals surface area contributed by atoms with Gasteiger partial charge in [-0.3, -0.25) is 9.69 Å². The van der Waals surface area contributed by atoms with Crippen molar-refractivity contribution >= 4 is 5.91 Å². The number of nitrogens with zero attached hydrogens (tertiary/aromatic N) is 1. The molecule has 1 heterocycles. The van der Waals surface area contributed by atoms with Crippen molar-refractivity contribution in [1.82, 2.24) is 15.5 Å². The van der Waals surface area contributed by atoms with Gasteiger partial charge in [-0.1, -0.05) is 13.8 Å². The maximum Gasteiger partial charge on any atom is 0.238 e. The van der Waals surface area contributed by atoms with Gasteiger partial charge in [0.1, 0.15) is 6.04 Å². The minimum Gasteiger partial charge on any atom is -0.383 e. The van der Waals surface area contributed by atoms with Crippen LogP contribution in [-0.2, 0) is 9.53 Å². The Morgan fingerprint density at radius 2 is 2.29 bits per heavy atom. The number of nitrogens with one attached hydrogen (secondary N) is 2. The summed E-state index contributed by atoms with van der Waals surface area (Å²) in [6, 6.07) is 0.209. The van der Waals surface area contributed by atoms with E-state index in [9.17, 15) is 4.79 Å². The van der Waals surface area contributed by atoms with Crippen molar-refractivity contribution in [2.45, 2.75) is 25.9 Å². The monoisotopic (exact) mass is 243 g/mol. The minimum absolute atomic E-state index is 0.0824. The van der Waals surface area contributed by atoms with E-state index in [1.807, 2.05) is 0 Å². The van der Waals surface area contributed by atoms with Gasteiger partial charge in [-0.05, 0) is 5.92 Å². The third kappa shape index (κ3) is 3.66. The molecule has 0 aromatic carbocycles. The standard InChI is InChI=1S/C12H25N3O2/c1-9(2)11(8-17-4)15-6-5-14-7-10(15)12(16)13-3/h9-11,14H,5-8H2,1-4H3,(H,13,16). The van der Waals surface area contributed by atoms with Crippen LogP contribution in [0.1, 0.15) is 13.8 Å². The summed E-state index contributed by atoms with van der Waals surface area (Å²) in [7, 11) is 3.41. The fourth-order valence-corrected chi connectivity index (χ4v) is 2.37. The zero-order valence-corrected chi connectivity index (χ0v) is 11.3. The van der Waals surface area contributed by atoms with Crippen LogP contribution in [0.15, 0.2) is 0 Å². The molecule has 1 aliphatic heterocycles. The molecule has 17 heavy (non-hydrogen) atoms. The first-order chi connectivity index (χ1) is 8.11. The van der Waals surface area contributed by atoms with Crippen LogP contribution in [0.25, 0.3) is 0 Å². The van der Waals surface area contributed by atoms with Crippen molar-refractivity contribution in [1.29, 1.82) is 0 Å². The summed E-state index contributed by atoms with van der Waals surface area (Å²) in [6.45, 7) is 7.56. The molecule has 0 aromatic heterocycles. The van der Waals surface area contributed by atoms with Gasteiger partial charge in [0.25, 0.3) is 0 Å². The van der Waals surface area contributed by atoms with Crippen molar-refractivity contribution in [3.05, 3.63) is 0 Å². The van der Waals surface area contributed by atoms with E-state index in [-0.39, 0.29) is 11.9 Å². The van der Waals surface area contributed by atoms with Gasteiger partial charge < -0.3 is 15.4 Å². The number of hydrogen-bond acceptors (Lipinski definition) is 4. The number of carbonyl (C=O) groups is 1. The number of amides is 1. The van der Waals surface area contributed by atoms with Gasteiger partial charge in [-0.15, -0.1) is 0 Å². The van der Waals surface area contributed by atoms with Crippen LogP contribution in [0.5, 0.6) is 0 Å². The zero-order chi connectivity index (χ0) is 12.8. The summed E-state index contributed by atoms with van der Waals surface area (Å²) < 4.78 is 5.29. The van der Waals surface area contributed by atoms with Gasteiger partial charge in [-0.25, -0.2) is 0 Å². The van der Waals surface area contributed by atoms with Gasteiger partial charge in [0, 0.05) is 39.8 Å². The fourth-order valence-electron chi connectivity index (χ4n) is 2.37. The quantitative estimate of drug-likeness (QED) is 0.695. The first kappa shape index (κ1) is 14.4. The predicted octanol–water partition coefficient (Wildman–Crippen LogP) is -0.323. The highest BCUT2D eigenvalue weighted by molar-refractivity contribution is 5.81. The average Bonchev–Trinajstić information content (AvgIpc) is 2.34. The Kier molecular flexibility index (Phi) is 5.88. The average molecular weight is 243 g/mol. The molecule has 0 aliphatic carbocycles. The summed E-state index contributed by atoms with van der Waals surface area (Å²) in [5.74, 6) is 0.555. The second-order valence-corrected chi connectivity index (χ2v) is 4.84. The lowest BCUT2D eigenvalue weighted by Gasteiger charge is -2.41. The van der Waals surface area contributed by atoms with E-state index in [2.05, 4.69) is 29.4 Å². The number of carbonyl (C=O) groups excluding carboxylic acids is 1. The Hall–Kier alpha value is -0.650. The molecule has 1 aliphatic rings. The molecule has 100 valence electrons. The largest absolute Gasteiger partial charge is 0.383 e. The van der Waals surface area contributed by atoms with E-state index in [4.69, 9.17) is 4.74 Å². The number of likely N-dealkylation sites (N-methyl/N-ethyl adjacent to an activating group) is 1. The molecular formula is C12H25N3O2. The summed E-state index contributed by atoms with van der Waals surface area (Å²) in [4.78, 5) is 14.1. The van der Waals surface area contributed by atoms with E-state index in [0.717, 1.165) is 13.1 Å². The first-order valence-electron chi connectivity index (χ1n) is 6.28. The summed E-state index contributed by atoms with van der Waals surface area (Å²) >= 11 is 0. The molecule has 1 rings (SSSR count). The lowest BCUT2D eigenvalue weighted by molar-refractivity contribution is -0.128. The molecule has 2 N–H and O–H groups in total. The molecule has 0 bridgehead atoms. The minimum atomic E-state index is -0.0868. The highest BCUT2D eigenvalue weighted by Gasteiger charge is 2.34. The molecule has 0 spiro atoms. The fraction of sp³-hybridized carbons (Fsp3) is 0.917. The van der Waals surface area contributed by atoms with Crippen molar-refractivity contribution in [3.63, 3.8) is 0 Å². The molecule has 0 aromatic rings. The Balaban J connectivity index is 2.77. The highest BCUT2D eigenvalue weighted by Crippen LogP contribution is 2.16. The SMILES string of the molecule is CNC(=O)C1CNCCN1C(COC)C(C)C. The van der Waals surface area contributed by atoms with E-state index in [1.54, 1.807) is 14.2 Å². The maximum atomic E-state index is 11.9. The Morgan fingerprint density at radius 3 is 2.82 bits per heavy atom. The van der Waals surface area contributed by atoms with Crippen molar-refractivity contribution in [2.75, 3.05) is 40.4 Å². The van der Waals surface area contributed by atoms with Gasteiger partial charge in [0.05, 0.1) is 6.61 Å². The molecule has 1 amide bonds. The van der Waals surface area contributed by atoms with Gasteiger partial charge in [0.15, 0.2) is 0 Å². The van der Waals surface area contributed by atoms with Crippen molar-refractivity contribution < 1.29 is 9.53 Å². The van der Waals surface area contributed by atoms with E-state index in [0.29, 0.717) is 25.1 Å². The number of piperazine rings is 1. The van der Waals surface area contributed by atoms with Gasteiger partial charge in [-0.2, -0.15) is 0 Å². The highest BCUT2D eigenvalue weighted by atomic mass is 16.5.